The van der Waals surface area contributed by atoms with E-state index in [1.807, 2.05) is 0 Å². The number of rotatable bonds is 7. The van der Waals surface area contributed by atoms with Crippen LogP contribution in [0.2, 0.25) is 0 Å². The predicted octanol–water partition coefficient (Wildman–Crippen LogP) is 1.31. The summed E-state index contributed by atoms with van der Waals surface area (Å²) < 4.78 is 23.3. The summed E-state index contributed by atoms with van der Waals surface area (Å²) in [6, 6.07) is 0. The van der Waals surface area contributed by atoms with Crippen LogP contribution in [0.25, 0.3) is 0 Å². The maximum Gasteiger partial charge on any atom is 0.120 e. The van der Waals surface area contributed by atoms with Gasteiger partial charge in [0.25, 0.3) is 0 Å². The van der Waals surface area contributed by atoms with Gasteiger partial charge in [0.1, 0.15) is 11.4 Å². The molecular formula is C6H13O4S-. The molecule has 0 rings (SSSR count). The number of hydrogen-bond acceptors (Lipinski definition) is 4. The molecule has 0 bridgehead atoms. The van der Waals surface area contributed by atoms with Crippen LogP contribution >= 0.6 is 0 Å². The Morgan fingerprint density at radius 1 is 1.36 bits per heavy atom. The first-order valence-corrected chi connectivity index (χ1v) is 4.66. The van der Waals surface area contributed by atoms with Gasteiger partial charge in [-0.1, -0.05) is 26.2 Å². The van der Waals surface area contributed by atoms with Crippen molar-refractivity contribution in [1.82, 2.24) is 0 Å². The van der Waals surface area contributed by atoms with E-state index in [1.54, 1.807) is 0 Å². The molecule has 5 heteroatoms. The summed E-state index contributed by atoms with van der Waals surface area (Å²) in [6.45, 7) is 2.44. The molecule has 0 fully saturated rings. The zero-order valence-electron chi connectivity index (χ0n) is 6.58. The van der Waals surface area contributed by atoms with Gasteiger partial charge in [0, 0.05) is 0 Å². The highest BCUT2D eigenvalue weighted by molar-refractivity contribution is 7.73. The van der Waals surface area contributed by atoms with Gasteiger partial charge in [-0.05, 0) is 6.42 Å². The highest BCUT2D eigenvalue weighted by atomic mass is 32.2. The van der Waals surface area contributed by atoms with Crippen molar-refractivity contribution in [3.8, 4) is 0 Å². The topological polar surface area (TPSA) is 58.6 Å². The fourth-order valence-corrected chi connectivity index (χ4v) is 0.808. The van der Waals surface area contributed by atoms with Crippen LogP contribution in [0.15, 0.2) is 0 Å². The molecule has 0 aliphatic heterocycles. The second-order valence-electron chi connectivity index (χ2n) is 2.15. The summed E-state index contributed by atoms with van der Waals surface area (Å²) in [5.41, 5.74) is 0. The van der Waals surface area contributed by atoms with E-state index in [0.717, 1.165) is 25.7 Å². The van der Waals surface area contributed by atoms with E-state index in [4.69, 9.17) is 0 Å². The predicted molar refractivity (Wildman–Crippen MR) is 40.1 cm³/mol. The van der Waals surface area contributed by atoms with E-state index in [0.29, 0.717) is 6.61 Å². The van der Waals surface area contributed by atoms with E-state index >= 15 is 0 Å². The van der Waals surface area contributed by atoms with Crippen molar-refractivity contribution in [3.05, 3.63) is 0 Å². The van der Waals surface area contributed by atoms with Crippen molar-refractivity contribution in [2.75, 3.05) is 6.61 Å². The Hall–Kier alpha value is 0.0300. The zero-order chi connectivity index (χ0) is 8.53. The fourth-order valence-electron chi connectivity index (χ4n) is 0.661. The lowest BCUT2D eigenvalue weighted by atomic mass is 10.2. The van der Waals surface area contributed by atoms with E-state index in [1.165, 1.54) is 0 Å². The first-order chi connectivity index (χ1) is 5.27. The molecule has 0 radical (unpaired) electrons. The molecule has 0 aromatic heterocycles. The summed E-state index contributed by atoms with van der Waals surface area (Å²) in [5, 5.41) is 0. The molecule has 0 heterocycles. The molecule has 0 spiro atoms. The lowest BCUT2D eigenvalue weighted by Crippen LogP contribution is -1.99. The normalized spacial score (nSPS) is 13.3. The van der Waals surface area contributed by atoms with E-state index in [9.17, 15) is 8.76 Å². The first-order valence-electron chi connectivity index (χ1n) is 3.66. The molecule has 68 valence electrons. The molecule has 4 nitrogen and oxygen atoms in total. The van der Waals surface area contributed by atoms with Crippen molar-refractivity contribution < 1.29 is 18.0 Å². The number of unbranched alkanes of at least 4 members (excludes halogenated alkanes) is 3. The smallest absolute Gasteiger partial charge is 0.120 e. The average molecular weight is 181 g/mol. The molecule has 0 aliphatic rings. The largest absolute Gasteiger partial charge is 0.748 e. The van der Waals surface area contributed by atoms with Crippen LogP contribution in [0.3, 0.4) is 0 Å². The highest BCUT2D eigenvalue weighted by Gasteiger charge is 1.89. The van der Waals surface area contributed by atoms with Crippen LogP contribution in [-0.2, 0) is 20.6 Å². The van der Waals surface area contributed by atoms with Crippen LogP contribution in [0, 0.1) is 0 Å². The Morgan fingerprint density at radius 2 is 2.09 bits per heavy atom. The van der Waals surface area contributed by atoms with Crippen molar-refractivity contribution in [1.29, 1.82) is 0 Å². The van der Waals surface area contributed by atoms with Gasteiger partial charge >= 0.3 is 0 Å². The highest BCUT2D eigenvalue weighted by Crippen LogP contribution is 1.98. The molecular weight excluding hydrogens is 168 g/mol. The van der Waals surface area contributed by atoms with Crippen LogP contribution in [0.5, 0.6) is 0 Å². The maximum atomic E-state index is 9.74. The summed E-state index contributed by atoms with van der Waals surface area (Å²) in [6.07, 6.45) is 4.18. The van der Waals surface area contributed by atoms with Gasteiger partial charge < -0.3 is 4.55 Å². The Labute approximate surface area is 69.3 Å². The van der Waals surface area contributed by atoms with Gasteiger partial charge in [-0.15, -0.1) is 4.33 Å². The molecule has 0 saturated carbocycles. The van der Waals surface area contributed by atoms with Crippen molar-refractivity contribution >= 4 is 11.4 Å². The van der Waals surface area contributed by atoms with Crippen LogP contribution in [0.4, 0.5) is 0 Å². The standard InChI is InChI=1S/C6H14O4S/c1-2-3-4-5-6-9-10-11(7)8/h2-6H2,1H3,(H,7,8)/p-1. The molecule has 0 aromatic rings. The zero-order valence-corrected chi connectivity index (χ0v) is 7.39. The van der Waals surface area contributed by atoms with Crippen molar-refractivity contribution in [3.63, 3.8) is 0 Å². The summed E-state index contributed by atoms with van der Waals surface area (Å²) >= 11 is -2.54. The monoisotopic (exact) mass is 181 g/mol. The molecule has 0 aromatic carbocycles. The van der Waals surface area contributed by atoms with E-state index < -0.39 is 11.4 Å². The van der Waals surface area contributed by atoms with Gasteiger partial charge in [0.05, 0.1) is 6.61 Å². The molecule has 0 aliphatic carbocycles. The van der Waals surface area contributed by atoms with E-state index in [2.05, 4.69) is 16.1 Å². The summed E-state index contributed by atoms with van der Waals surface area (Å²) in [4.78, 5) is 4.33. The maximum absolute atomic E-state index is 9.74. The van der Waals surface area contributed by atoms with Gasteiger partial charge in [0.15, 0.2) is 0 Å². The minimum Gasteiger partial charge on any atom is -0.748 e. The average Bonchev–Trinajstić information content (AvgIpc) is 1.96. The second-order valence-corrected chi connectivity index (χ2v) is 2.70. The third-order valence-electron chi connectivity index (χ3n) is 1.18. The Morgan fingerprint density at radius 3 is 2.64 bits per heavy atom. The Balaban J connectivity index is 2.85. The molecule has 0 amide bonds. The van der Waals surface area contributed by atoms with Crippen LogP contribution < -0.4 is 0 Å². The van der Waals surface area contributed by atoms with Gasteiger partial charge in [-0.3, -0.25) is 0 Å². The Kier molecular flexibility index (Phi) is 8.15. The minimum absolute atomic E-state index is 0.341. The lowest BCUT2D eigenvalue weighted by molar-refractivity contribution is -0.203. The minimum atomic E-state index is -2.54. The lowest BCUT2D eigenvalue weighted by Gasteiger charge is -2.03. The fraction of sp³-hybridized carbons (Fsp3) is 1.00. The van der Waals surface area contributed by atoms with Gasteiger partial charge in [-0.25, -0.2) is 9.10 Å². The third kappa shape index (κ3) is 10.0. The third-order valence-corrected chi connectivity index (χ3v) is 1.39. The molecule has 1 atom stereocenters. The van der Waals surface area contributed by atoms with Crippen LogP contribution in [-0.4, -0.2) is 15.4 Å². The summed E-state index contributed by atoms with van der Waals surface area (Å²) in [7, 11) is 0. The molecule has 11 heavy (non-hydrogen) atoms. The molecule has 0 saturated heterocycles. The quantitative estimate of drug-likeness (QED) is 0.257. The van der Waals surface area contributed by atoms with Crippen molar-refractivity contribution in [2.45, 2.75) is 32.6 Å². The van der Waals surface area contributed by atoms with Gasteiger partial charge in [0.2, 0.25) is 0 Å². The van der Waals surface area contributed by atoms with E-state index in [-0.39, 0.29) is 0 Å². The second kappa shape index (κ2) is 8.13. The first kappa shape index (κ1) is 11.0. The van der Waals surface area contributed by atoms with Crippen LogP contribution in [0.1, 0.15) is 32.6 Å². The molecule has 1 unspecified atom stereocenters. The Bertz CT molecular complexity index is 107. The SMILES string of the molecule is CCCCCCOOS(=O)[O-]. The number of hydrogen-bond donors (Lipinski definition) is 0. The van der Waals surface area contributed by atoms with Crippen molar-refractivity contribution in [2.24, 2.45) is 0 Å². The van der Waals surface area contributed by atoms with Gasteiger partial charge in [-0.2, -0.15) is 0 Å². The summed E-state index contributed by atoms with van der Waals surface area (Å²) in [5.74, 6) is 0. The molecule has 0 N–H and O–H groups in total.